The molecule has 0 atom stereocenters. The molecule has 1 aliphatic heterocycles. The van der Waals surface area contributed by atoms with Gasteiger partial charge in [0.2, 0.25) is 5.75 Å². The molecule has 0 aliphatic carbocycles. The van der Waals surface area contributed by atoms with Crippen LogP contribution in [0.4, 0.5) is 0 Å². The monoisotopic (exact) mass is 484 g/mol. The summed E-state index contributed by atoms with van der Waals surface area (Å²) in [5.74, 6) is 1.47. The van der Waals surface area contributed by atoms with Gasteiger partial charge >= 0.3 is 0 Å². The fourth-order valence-electron chi connectivity index (χ4n) is 4.14. The number of rotatable bonds is 12. The molecule has 194 valence electrons. The Morgan fingerprint density at radius 3 is 1.86 bits per heavy atom. The standard InChI is InChI=1S/C29H44N2O4/c1-22(2)10-8-11-23(3)12-9-13-24(4)14-15-30-16-18-31(19-17-30)29(32)25-20-26(33-5)28(35-7)27(21-25)34-6/h10,12,14,20-21H,8-9,11,13,15-19H2,1-7H3. The van der Waals surface area contributed by atoms with Gasteiger partial charge in [-0.2, -0.15) is 0 Å². The summed E-state index contributed by atoms with van der Waals surface area (Å²) in [4.78, 5) is 17.4. The third-order valence-corrected chi connectivity index (χ3v) is 6.39. The van der Waals surface area contributed by atoms with Gasteiger partial charge in [0.25, 0.3) is 5.91 Å². The first-order valence-corrected chi connectivity index (χ1v) is 12.5. The van der Waals surface area contributed by atoms with Crippen LogP contribution in [0.15, 0.2) is 47.1 Å². The molecule has 0 radical (unpaired) electrons. The van der Waals surface area contributed by atoms with Crippen LogP contribution in [0.1, 0.15) is 63.7 Å². The zero-order valence-electron chi connectivity index (χ0n) is 22.8. The maximum absolute atomic E-state index is 13.1. The molecule has 0 saturated carbocycles. The number of carbonyl (C=O) groups is 1. The Hall–Kier alpha value is -2.73. The van der Waals surface area contributed by atoms with E-state index in [1.54, 1.807) is 33.5 Å². The summed E-state index contributed by atoms with van der Waals surface area (Å²) in [6.07, 6.45) is 11.5. The number of amides is 1. The van der Waals surface area contributed by atoms with Crippen LogP contribution in [0.3, 0.4) is 0 Å². The lowest BCUT2D eigenvalue weighted by Gasteiger charge is -2.34. The summed E-state index contributed by atoms with van der Waals surface area (Å²) in [7, 11) is 4.68. The van der Waals surface area contributed by atoms with E-state index < -0.39 is 0 Å². The summed E-state index contributed by atoms with van der Waals surface area (Å²) in [5, 5.41) is 0. The first-order chi connectivity index (χ1) is 16.8. The first-order valence-electron chi connectivity index (χ1n) is 12.5. The van der Waals surface area contributed by atoms with E-state index in [0.29, 0.717) is 35.9 Å². The number of carbonyl (C=O) groups excluding carboxylic acids is 1. The zero-order valence-corrected chi connectivity index (χ0v) is 22.8. The van der Waals surface area contributed by atoms with Crippen LogP contribution in [0.25, 0.3) is 0 Å². The van der Waals surface area contributed by atoms with E-state index >= 15 is 0 Å². The average Bonchev–Trinajstić information content (AvgIpc) is 2.86. The molecular formula is C29H44N2O4. The topological polar surface area (TPSA) is 51.2 Å². The molecule has 1 aromatic carbocycles. The Morgan fingerprint density at radius 2 is 1.34 bits per heavy atom. The van der Waals surface area contributed by atoms with E-state index in [1.165, 1.54) is 16.7 Å². The number of ether oxygens (including phenoxy) is 3. The predicted octanol–water partition coefficient (Wildman–Crippen LogP) is 5.89. The number of methoxy groups -OCH3 is 3. The van der Waals surface area contributed by atoms with Crippen molar-refractivity contribution < 1.29 is 19.0 Å². The highest BCUT2D eigenvalue weighted by Gasteiger charge is 2.24. The number of benzene rings is 1. The van der Waals surface area contributed by atoms with Gasteiger partial charge in [-0.25, -0.2) is 0 Å². The highest BCUT2D eigenvalue weighted by Crippen LogP contribution is 2.38. The summed E-state index contributed by atoms with van der Waals surface area (Å²) in [6, 6.07) is 3.44. The number of hydrogen-bond donors (Lipinski definition) is 0. The molecule has 0 aromatic heterocycles. The van der Waals surface area contributed by atoms with E-state index in [9.17, 15) is 4.79 Å². The molecule has 1 fully saturated rings. The van der Waals surface area contributed by atoms with Crippen LogP contribution in [0.2, 0.25) is 0 Å². The van der Waals surface area contributed by atoms with E-state index in [4.69, 9.17) is 14.2 Å². The summed E-state index contributed by atoms with van der Waals surface area (Å²) >= 11 is 0. The van der Waals surface area contributed by atoms with E-state index in [0.717, 1.165) is 45.3 Å². The van der Waals surface area contributed by atoms with Gasteiger partial charge in [-0.15, -0.1) is 0 Å². The van der Waals surface area contributed by atoms with Crippen molar-refractivity contribution >= 4 is 5.91 Å². The molecule has 6 nitrogen and oxygen atoms in total. The molecule has 0 N–H and O–H groups in total. The molecule has 1 amide bonds. The highest BCUT2D eigenvalue weighted by molar-refractivity contribution is 5.95. The second-order valence-electron chi connectivity index (χ2n) is 9.47. The van der Waals surface area contributed by atoms with Crippen LogP contribution in [0.5, 0.6) is 17.2 Å². The van der Waals surface area contributed by atoms with Crippen molar-refractivity contribution in [2.24, 2.45) is 0 Å². The largest absolute Gasteiger partial charge is 0.493 e. The minimum Gasteiger partial charge on any atom is -0.493 e. The van der Waals surface area contributed by atoms with E-state index in [1.807, 2.05) is 4.90 Å². The molecular weight excluding hydrogens is 440 g/mol. The van der Waals surface area contributed by atoms with Crippen molar-refractivity contribution in [1.82, 2.24) is 9.80 Å². The molecule has 1 heterocycles. The molecule has 2 rings (SSSR count). The van der Waals surface area contributed by atoms with Gasteiger partial charge in [-0.1, -0.05) is 34.9 Å². The Kier molecular flexibility index (Phi) is 11.9. The summed E-state index contributed by atoms with van der Waals surface area (Å²) < 4.78 is 16.2. The van der Waals surface area contributed by atoms with Crippen molar-refractivity contribution in [3.63, 3.8) is 0 Å². The summed E-state index contributed by atoms with van der Waals surface area (Å²) in [5.41, 5.74) is 4.84. The van der Waals surface area contributed by atoms with Gasteiger partial charge in [0, 0.05) is 38.3 Å². The van der Waals surface area contributed by atoms with Crippen molar-refractivity contribution in [3.05, 3.63) is 52.6 Å². The van der Waals surface area contributed by atoms with E-state index in [-0.39, 0.29) is 5.91 Å². The molecule has 35 heavy (non-hydrogen) atoms. The summed E-state index contributed by atoms with van der Waals surface area (Å²) in [6.45, 7) is 12.8. The fraction of sp³-hybridized carbons (Fsp3) is 0.552. The lowest BCUT2D eigenvalue weighted by Crippen LogP contribution is -2.48. The van der Waals surface area contributed by atoms with Crippen molar-refractivity contribution in [3.8, 4) is 17.2 Å². The predicted molar refractivity (Wildman–Crippen MR) is 144 cm³/mol. The van der Waals surface area contributed by atoms with Crippen LogP contribution in [0, 0.1) is 0 Å². The first kappa shape index (κ1) is 28.5. The minimum absolute atomic E-state index is 0.0117. The van der Waals surface area contributed by atoms with Gasteiger partial charge in [-0.3, -0.25) is 9.69 Å². The maximum atomic E-state index is 13.1. The van der Waals surface area contributed by atoms with Crippen LogP contribution < -0.4 is 14.2 Å². The molecule has 6 heteroatoms. The Morgan fingerprint density at radius 1 is 0.800 bits per heavy atom. The average molecular weight is 485 g/mol. The lowest BCUT2D eigenvalue weighted by atomic mass is 10.1. The smallest absolute Gasteiger partial charge is 0.254 e. The number of hydrogen-bond acceptors (Lipinski definition) is 5. The molecule has 0 spiro atoms. The van der Waals surface area contributed by atoms with Gasteiger partial charge < -0.3 is 19.1 Å². The van der Waals surface area contributed by atoms with Gasteiger partial charge in [0.15, 0.2) is 11.5 Å². The van der Waals surface area contributed by atoms with Gasteiger partial charge in [0.05, 0.1) is 21.3 Å². The third kappa shape index (κ3) is 9.10. The van der Waals surface area contributed by atoms with Crippen LogP contribution in [-0.4, -0.2) is 69.8 Å². The number of piperazine rings is 1. The van der Waals surface area contributed by atoms with Gasteiger partial charge in [-0.05, 0) is 65.5 Å². The van der Waals surface area contributed by atoms with Gasteiger partial charge in [0.1, 0.15) is 0 Å². The normalized spacial score (nSPS) is 15.1. The lowest BCUT2D eigenvalue weighted by molar-refractivity contribution is 0.0649. The molecule has 1 saturated heterocycles. The van der Waals surface area contributed by atoms with Crippen molar-refractivity contribution in [2.75, 3.05) is 54.1 Å². The van der Waals surface area contributed by atoms with Crippen LogP contribution >= 0.6 is 0 Å². The zero-order chi connectivity index (χ0) is 25.8. The van der Waals surface area contributed by atoms with Crippen LogP contribution in [-0.2, 0) is 0 Å². The van der Waals surface area contributed by atoms with Crippen molar-refractivity contribution in [2.45, 2.75) is 53.4 Å². The van der Waals surface area contributed by atoms with E-state index in [2.05, 4.69) is 50.8 Å². The molecule has 1 aromatic rings. The maximum Gasteiger partial charge on any atom is 0.254 e. The molecule has 0 unspecified atom stereocenters. The minimum atomic E-state index is -0.0117. The quantitative estimate of drug-likeness (QED) is 0.346. The van der Waals surface area contributed by atoms with Crippen molar-refractivity contribution in [1.29, 1.82) is 0 Å². The molecule has 0 bridgehead atoms. The second-order valence-corrected chi connectivity index (χ2v) is 9.47. The second kappa shape index (κ2) is 14.6. The number of allylic oxidation sites excluding steroid dienone is 5. The SMILES string of the molecule is COc1cc(C(=O)N2CCN(CC=C(C)CCC=C(C)CCC=C(C)C)CC2)cc(OC)c1OC. The Bertz CT molecular complexity index is 896. The third-order valence-electron chi connectivity index (χ3n) is 6.39. The highest BCUT2D eigenvalue weighted by atomic mass is 16.5. The molecule has 1 aliphatic rings. The Labute approximate surface area is 212 Å². The Balaban J connectivity index is 1.82. The fourth-order valence-corrected chi connectivity index (χ4v) is 4.14. The number of nitrogens with zero attached hydrogens (tertiary/aromatic N) is 2.